The van der Waals surface area contributed by atoms with E-state index in [4.69, 9.17) is 4.74 Å². The Balaban J connectivity index is 1.71. The number of thiophene rings is 1. The summed E-state index contributed by atoms with van der Waals surface area (Å²) in [5.74, 6) is 1.42. The van der Waals surface area contributed by atoms with Crippen LogP contribution < -0.4 is 10.1 Å². The summed E-state index contributed by atoms with van der Waals surface area (Å²) in [6.07, 6.45) is 0. The van der Waals surface area contributed by atoms with Gasteiger partial charge in [-0.15, -0.1) is 16.4 Å². The molecule has 6 nitrogen and oxygen atoms in total. The number of rotatable bonds is 6. The van der Waals surface area contributed by atoms with Crippen LogP contribution in [0.15, 0.2) is 66.0 Å². The first-order valence-electron chi connectivity index (χ1n) is 9.14. The van der Waals surface area contributed by atoms with Crippen molar-refractivity contribution < 1.29 is 9.53 Å². The summed E-state index contributed by atoms with van der Waals surface area (Å²) >= 11 is 1.64. The first-order chi connectivity index (χ1) is 14.2. The van der Waals surface area contributed by atoms with E-state index in [9.17, 15) is 4.79 Å². The van der Waals surface area contributed by atoms with Gasteiger partial charge in [0, 0.05) is 16.0 Å². The number of hydrogen-bond acceptors (Lipinski definition) is 6. The lowest BCUT2D eigenvalue weighted by Crippen LogP contribution is -2.18. The lowest BCUT2D eigenvalue weighted by atomic mass is 10.1. The summed E-state index contributed by atoms with van der Waals surface area (Å²) < 4.78 is 6.55. The number of methoxy groups -OCH3 is 1. The van der Waals surface area contributed by atoms with Gasteiger partial charge >= 0.3 is 0 Å². The molecule has 0 unspecified atom stereocenters. The molecule has 0 bridgehead atoms. The average molecular weight is 404 g/mol. The highest BCUT2D eigenvalue weighted by Crippen LogP contribution is 2.23. The Bertz CT molecular complexity index is 1120. The van der Waals surface area contributed by atoms with Gasteiger partial charge in [-0.1, -0.05) is 24.3 Å². The van der Waals surface area contributed by atoms with Gasteiger partial charge in [-0.25, -0.2) is 0 Å². The van der Waals surface area contributed by atoms with Crippen molar-refractivity contribution >= 4 is 23.2 Å². The third kappa shape index (κ3) is 4.05. The molecule has 0 fully saturated rings. The van der Waals surface area contributed by atoms with Crippen molar-refractivity contribution in [3.63, 3.8) is 0 Å². The minimum atomic E-state index is -0.218. The van der Waals surface area contributed by atoms with Crippen LogP contribution in [-0.2, 0) is 6.54 Å². The highest BCUT2D eigenvalue weighted by Gasteiger charge is 2.20. The number of nitrogens with zero attached hydrogens (tertiary/aromatic N) is 3. The molecule has 4 aromatic rings. The third-order valence-corrected chi connectivity index (χ3v) is 5.40. The Labute approximate surface area is 172 Å². The average Bonchev–Trinajstić information content (AvgIpc) is 3.42. The fraction of sp³-hybridized carbons (Fsp3) is 0.136. The molecule has 2 heterocycles. The molecule has 0 amide bonds. The van der Waals surface area contributed by atoms with E-state index in [1.54, 1.807) is 24.5 Å². The van der Waals surface area contributed by atoms with Crippen LogP contribution in [0.3, 0.4) is 0 Å². The van der Waals surface area contributed by atoms with Gasteiger partial charge in [0.2, 0.25) is 5.95 Å². The van der Waals surface area contributed by atoms with Crippen LogP contribution in [0.4, 0.5) is 5.95 Å². The molecule has 0 saturated heterocycles. The first kappa shape index (κ1) is 18.9. The summed E-state index contributed by atoms with van der Waals surface area (Å²) in [5.41, 5.74) is 2.29. The largest absolute Gasteiger partial charge is 0.497 e. The molecule has 2 aromatic carbocycles. The molecule has 1 N–H and O–H groups in total. The van der Waals surface area contributed by atoms with Crippen molar-refractivity contribution in [2.45, 2.75) is 13.5 Å². The Hall–Kier alpha value is -3.45. The molecule has 29 heavy (non-hydrogen) atoms. The van der Waals surface area contributed by atoms with Crippen LogP contribution in [0.1, 0.15) is 20.8 Å². The zero-order valence-electron chi connectivity index (χ0n) is 16.1. The maximum Gasteiger partial charge on any atom is 0.281 e. The summed E-state index contributed by atoms with van der Waals surface area (Å²) in [6, 6.07) is 18.9. The van der Waals surface area contributed by atoms with Crippen LogP contribution >= 0.6 is 11.3 Å². The van der Waals surface area contributed by atoms with Crippen molar-refractivity contribution in [1.29, 1.82) is 0 Å². The topological polar surface area (TPSA) is 69.0 Å². The van der Waals surface area contributed by atoms with E-state index in [2.05, 4.69) is 15.4 Å². The molecule has 0 atom stereocenters. The van der Waals surface area contributed by atoms with Crippen LogP contribution in [0.5, 0.6) is 5.75 Å². The number of carbonyl (C=O) groups is 1. The molecule has 7 heteroatoms. The highest BCUT2D eigenvalue weighted by atomic mass is 32.1. The number of carbonyl (C=O) groups excluding carboxylic acids is 1. The van der Waals surface area contributed by atoms with E-state index in [0.717, 1.165) is 21.8 Å². The van der Waals surface area contributed by atoms with Crippen LogP contribution in [0.2, 0.25) is 0 Å². The zero-order valence-corrected chi connectivity index (χ0v) is 16.9. The second-order valence-corrected chi connectivity index (χ2v) is 7.48. The summed E-state index contributed by atoms with van der Waals surface area (Å²) in [6.45, 7) is 2.48. The molecular formula is C22H20N4O2S. The van der Waals surface area contributed by atoms with Crippen molar-refractivity contribution in [3.8, 4) is 17.1 Å². The Morgan fingerprint density at radius 1 is 1.10 bits per heavy atom. The second kappa shape index (κ2) is 8.28. The van der Waals surface area contributed by atoms with Crippen molar-refractivity contribution in [2.24, 2.45) is 0 Å². The van der Waals surface area contributed by atoms with Gasteiger partial charge in [0.1, 0.15) is 5.75 Å². The molecule has 0 aliphatic rings. The van der Waals surface area contributed by atoms with E-state index in [0.29, 0.717) is 23.9 Å². The van der Waals surface area contributed by atoms with E-state index in [1.165, 1.54) is 4.68 Å². The number of nitrogens with one attached hydrogen (secondary N) is 1. The van der Waals surface area contributed by atoms with Gasteiger partial charge in [0.15, 0.2) is 5.82 Å². The first-order valence-corrected chi connectivity index (χ1v) is 10.0. The van der Waals surface area contributed by atoms with Crippen molar-refractivity contribution in [3.05, 3.63) is 82.0 Å². The Morgan fingerprint density at radius 2 is 1.90 bits per heavy atom. The van der Waals surface area contributed by atoms with Gasteiger partial charge in [-0.3, -0.25) is 4.79 Å². The minimum Gasteiger partial charge on any atom is -0.497 e. The number of anilines is 1. The maximum absolute atomic E-state index is 13.2. The smallest absolute Gasteiger partial charge is 0.281 e. The number of hydrogen-bond donors (Lipinski definition) is 1. The standard InChI is InChI=1S/C22H20N4O2S/c1-15-6-3-4-8-19(15)21(27)26-22(23-14-18-7-5-13-29-18)24-20(25-26)16-9-11-17(28-2)12-10-16/h3-13H,14H2,1-2H3,(H,23,24,25). The third-order valence-electron chi connectivity index (χ3n) is 4.52. The van der Waals surface area contributed by atoms with Crippen LogP contribution in [0, 0.1) is 6.92 Å². The number of aryl methyl sites for hydroxylation is 1. The minimum absolute atomic E-state index is 0.218. The zero-order chi connectivity index (χ0) is 20.2. The van der Waals surface area contributed by atoms with Gasteiger partial charge in [0.05, 0.1) is 13.7 Å². The summed E-state index contributed by atoms with van der Waals surface area (Å²) in [4.78, 5) is 18.9. The van der Waals surface area contributed by atoms with Gasteiger partial charge in [-0.05, 0) is 54.3 Å². The molecular weight excluding hydrogens is 384 g/mol. The molecule has 0 spiro atoms. The Morgan fingerprint density at radius 3 is 2.59 bits per heavy atom. The lowest BCUT2D eigenvalue weighted by molar-refractivity contribution is 0.0947. The highest BCUT2D eigenvalue weighted by molar-refractivity contribution is 7.09. The quantitative estimate of drug-likeness (QED) is 0.508. The molecule has 0 aliphatic carbocycles. The van der Waals surface area contributed by atoms with Crippen LogP contribution in [0.25, 0.3) is 11.4 Å². The Kier molecular flexibility index (Phi) is 5.39. The van der Waals surface area contributed by atoms with Crippen molar-refractivity contribution in [2.75, 3.05) is 12.4 Å². The molecule has 0 radical (unpaired) electrons. The van der Waals surface area contributed by atoms with Gasteiger partial charge in [0.25, 0.3) is 5.91 Å². The maximum atomic E-state index is 13.2. The van der Waals surface area contributed by atoms with E-state index in [-0.39, 0.29) is 5.91 Å². The van der Waals surface area contributed by atoms with E-state index in [1.807, 2.05) is 66.9 Å². The lowest BCUT2D eigenvalue weighted by Gasteiger charge is -2.08. The summed E-state index contributed by atoms with van der Waals surface area (Å²) in [7, 11) is 1.62. The summed E-state index contributed by atoms with van der Waals surface area (Å²) in [5, 5.41) is 9.78. The SMILES string of the molecule is COc1ccc(-c2nc(NCc3cccs3)n(C(=O)c3ccccc3C)n2)cc1. The fourth-order valence-electron chi connectivity index (χ4n) is 2.94. The fourth-order valence-corrected chi connectivity index (χ4v) is 3.58. The number of aromatic nitrogens is 3. The monoisotopic (exact) mass is 404 g/mol. The molecule has 4 rings (SSSR count). The van der Waals surface area contributed by atoms with Crippen molar-refractivity contribution in [1.82, 2.24) is 14.8 Å². The molecule has 146 valence electrons. The predicted molar refractivity (Wildman–Crippen MR) is 115 cm³/mol. The van der Waals surface area contributed by atoms with E-state index < -0.39 is 0 Å². The van der Waals surface area contributed by atoms with Gasteiger partial charge in [-0.2, -0.15) is 9.67 Å². The number of ether oxygens (including phenoxy) is 1. The van der Waals surface area contributed by atoms with E-state index >= 15 is 0 Å². The second-order valence-electron chi connectivity index (χ2n) is 6.45. The van der Waals surface area contributed by atoms with Gasteiger partial charge < -0.3 is 10.1 Å². The predicted octanol–water partition coefficient (Wildman–Crippen LogP) is 4.62. The normalized spacial score (nSPS) is 10.7. The molecule has 0 saturated carbocycles. The molecule has 0 aliphatic heterocycles. The van der Waals surface area contributed by atoms with Crippen LogP contribution in [-0.4, -0.2) is 27.8 Å². The molecule has 2 aromatic heterocycles. The number of benzene rings is 2.